The molecular formula is C11H14BrN3O2S. The highest BCUT2D eigenvalue weighted by atomic mass is 79.9. The van der Waals surface area contributed by atoms with E-state index in [0.29, 0.717) is 12.1 Å². The molecular weight excluding hydrogens is 318 g/mol. The van der Waals surface area contributed by atoms with Gasteiger partial charge in [0.15, 0.2) is 0 Å². The van der Waals surface area contributed by atoms with E-state index in [-0.39, 0.29) is 5.75 Å². The van der Waals surface area contributed by atoms with Crippen LogP contribution >= 0.6 is 15.9 Å². The predicted molar refractivity (Wildman–Crippen MR) is 75.3 cm³/mol. The minimum atomic E-state index is -3.25. The zero-order chi connectivity index (χ0) is 13.3. The summed E-state index contributed by atoms with van der Waals surface area (Å²) in [7, 11) is -3.25. The molecule has 2 heterocycles. The van der Waals surface area contributed by atoms with Crippen molar-refractivity contribution in [1.29, 1.82) is 0 Å². The van der Waals surface area contributed by atoms with Crippen LogP contribution in [0.15, 0.2) is 22.9 Å². The fraction of sp³-hybridized carbons (Fsp3) is 0.364. The summed E-state index contributed by atoms with van der Waals surface area (Å²) in [5, 5.41) is 0. The van der Waals surface area contributed by atoms with Crippen molar-refractivity contribution >= 4 is 37.3 Å². The van der Waals surface area contributed by atoms with E-state index in [4.69, 9.17) is 0 Å². The lowest BCUT2D eigenvalue weighted by Gasteiger charge is -2.07. The Morgan fingerprint density at radius 3 is 2.83 bits per heavy atom. The Balaban J connectivity index is 2.39. The summed E-state index contributed by atoms with van der Waals surface area (Å²) in [6.07, 6.45) is 2.32. The van der Waals surface area contributed by atoms with Gasteiger partial charge in [-0.3, -0.25) is 4.72 Å². The van der Waals surface area contributed by atoms with E-state index in [2.05, 4.69) is 25.6 Å². The number of fused-ring (bicyclic) bond motifs is 1. The van der Waals surface area contributed by atoms with Crippen LogP contribution in [0.25, 0.3) is 5.65 Å². The Labute approximate surface area is 114 Å². The lowest BCUT2D eigenvalue weighted by Crippen LogP contribution is -2.16. The van der Waals surface area contributed by atoms with Gasteiger partial charge in [-0.15, -0.1) is 0 Å². The summed E-state index contributed by atoms with van der Waals surface area (Å²) in [4.78, 5) is 4.29. The molecule has 0 saturated carbocycles. The van der Waals surface area contributed by atoms with E-state index in [9.17, 15) is 8.42 Å². The van der Waals surface area contributed by atoms with Gasteiger partial charge in [0, 0.05) is 6.20 Å². The Hall–Kier alpha value is -1.08. The molecule has 18 heavy (non-hydrogen) atoms. The molecule has 1 N–H and O–H groups in total. The first-order valence-electron chi connectivity index (χ1n) is 5.57. The van der Waals surface area contributed by atoms with Gasteiger partial charge in [0.05, 0.1) is 17.1 Å². The van der Waals surface area contributed by atoms with Gasteiger partial charge in [0.1, 0.15) is 10.3 Å². The monoisotopic (exact) mass is 331 g/mol. The Kier molecular flexibility index (Phi) is 3.63. The predicted octanol–water partition coefficient (Wildman–Crippen LogP) is 2.56. The van der Waals surface area contributed by atoms with Crippen molar-refractivity contribution in [3.05, 3.63) is 28.6 Å². The number of nitrogens with zero attached hydrogens (tertiary/aromatic N) is 2. The summed E-state index contributed by atoms with van der Waals surface area (Å²) in [6.45, 7) is 3.74. The SMILES string of the molecule is CCCS(=O)(=O)Nc1ccc2nc(Br)c(C)n2c1. The maximum absolute atomic E-state index is 11.7. The Morgan fingerprint density at radius 2 is 2.17 bits per heavy atom. The summed E-state index contributed by atoms with van der Waals surface area (Å²) >= 11 is 3.35. The number of aromatic nitrogens is 2. The highest BCUT2D eigenvalue weighted by Gasteiger charge is 2.11. The van der Waals surface area contributed by atoms with Crippen molar-refractivity contribution < 1.29 is 8.42 Å². The first kappa shape index (κ1) is 13.4. The van der Waals surface area contributed by atoms with Crippen molar-refractivity contribution in [2.24, 2.45) is 0 Å². The van der Waals surface area contributed by atoms with E-state index in [0.717, 1.165) is 15.9 Å². The van der Waals surface area contributed by atoms with Crippen LogP contribution in [0, 0.1) is 6.92 Å². The number of aryl methyl sites for hydroxylation is 1. The van der Waals surface area contributed by atoms with Crippen LogP contribution in [0.2, 0.25) is 0 Å². The fourth-order valence-electron chi connectivity index (χ4n) is 1.69. The second-order valence-electron chi connectivity index (χ2n) is 4.05. The van der Waals surface area contributed by atoms with Crippen LogP contribution in [-0.4, -0.2) is 23.6 Å². The number of halogens is 1. The molecule has 2 aromatic heterocycles. The maximum Gasteiger partial charge on any atom is 0.232 e. The summed E-state index contributed by atoms with van der Waals surface area (Å²) < 4.78 is 28.5. The minimum Gasteiger partial charge on any atom is -0.301 e. The molecule has 0 aliphatic rings. The number of rotatable bonds is 4. The first-order valence-corrected chi connectivity index (χ1v) is 8.02. The van der Waals surface area contributed by atoms with Gasteiger partial charge in [-0.05, 0) is 41.4 Å². The maximum atomic E-state index is 11.7. The van der Waals surface area contributed by atoms with E-state index in [1.54, 1.807) is 18.3 Å². The van der Waals surface area contributed by atoms with Gasteiger partial charge in [-0.25, -0.2) is 13.4 Å². The van der Waals surface area contributed by atoms with E-state index in [1.165, 1.54) is 0 Å². The van der Waals surface area contributed by atoms with Crippen LogP contribution in [0.3, 0.4) is 0 Å². The zero-order valence-electron chi connectivity index (χ0n) is 10.1. The molecule has 0 aromatic carbocycles. The van der Waals surface area contributed by atoms with Gasteiger partial charge >= 0.3 is 0 Å². The molecule has 5 nitrogen and oxygen atoms in total. The molecule has 0 atom stereocenters. The normalized spacial score (nSPS) is 11.9. The van der Waals surface area contributed by atoms with Crippen LogP contribution in [0.1, 0.15) is 19.0 Å². The minimum absolute atomic E-state index is 0.123. The van der Waals surface area contributed by atoms with Crippen molar-refractivity contribution in [1.82, 2.24) is 9.38 Å². The van der Waals surface area contributed by atoms with Crippen molar-refractivity contribution in [3.63, 3.8) is 0 Å². The largest absolute Gasteiger partial charge is 0.301 e. The topological polar surface area (TPSA) is 63.5 Å². The lowest BCUT2D eigenvalue weighted by molar-refractivity contribution is 0.600. The molecule has 0 unspecified atom stereocenters. The second-order valence-corrected chi connectivity index (χ2v) is 6.65. The van der Waals surface area contributed by atoms with Crippen LogP contribution in [-0.2, 0) is 10.0 Å². The molecule has 0 bridgehead atoms. The zero-order valence-corrected chi connectivity index (χ0v) is 12.5. The highest BCUT2D eigenvalue weighted by Crippen LogP contribution is 2.20. The van der Waals surface area contributed by atoms with E-state index >= 15 is 0 Å². The molecule has 0 saturated heterocycles. The number of nitrogens with one attached hydrogen (secondary N) is 1. The number of hydrogen-bond donors (Lipinski definition) is 1. The van der Waals surface area contributed by atoms with Crippen LogP contribution in [0.4, 0.5) is 5.69 Å². The smallest absolute Gasteiger partial charge is 0.232 e. The number of pyridine rings is 1. The third-order valence-electron chi connectivity index (χ3n) is 2.55. The molecule has 7 heteroatoms. The van der Waals surface area contributed by atoms with Crippen molar-refractivity contribution in [3.8, 4) is 0 Å². The molecule has 98 valence electrons. The first-order chi connectivity index (χ1) is 8.43. The molecule has 0 radical (unpaired) electrons. The molecule has 0 aliphatic heterocycles. The standard InChI is InChI=1S/C11H14BrN3O2S/c1-3-6-18(16,17)14-9-4-5-10-13-11(12)8(2)15(10)7-9/h4-5,7,14H,3,6H2,1-2H3. The number of sulfonamides is 1. The molecule has 0 fully saturated rings. The summed E-state index contributed by atoms with van der Waals surface area (Å²) in [5.74, 6) is 0.123. The Bertz CT molecular complexity index is 679. The Morgan fingerprint density at radius 1 is 1.44 bits per heavy atom. The number of anilines is 1. The van der Waals surface area contributed by atoms with Gasteiger partial charge < -0.3 is 4.40 Å². The highest BCUT2D eigenvalue weighted by molar-refractivity contribution is 9.10. The fourth-order valence-corrected chi connectivity index (χ4v) is 3.19. The van der Waals surface area contributed by atoms with Crippen molar-refractivity contribution in [2.75, 3.05) is 10.5 Å². The number of imidazole rings is 1. The number of hydrogen-bond acceptors (Lipinski definition) is 3. The lowest BCUT2D eigenvalue weighted by atomic mass is 10.4. The average Bonchev–Trinajstić information content (AvgIpc) is 2.55. The van der Waals surface area contributed by atoms with Gasteiger partial charge in [0.25, 0.3) is 0 Å². The summed E-state index contributed by atoms with van der Waals surface area (Å²) in [5.41, 5.74) is 2.25. The van der Waals surface area contributed by atoms with Crippen molar-refractivity contribution in [2.45, 2.75) is 20.3 Å². The molecule has 0 amide bonds. The van der Waals surface area contributed by atoms with Crippen LogP contribution in [0.5, 0.6) is 0 Å². The third-order valence-corrected chi connectivity index (χ3v) is 4.79. The van der Waals surface area contributed by atoms with Gasteiger partial charge in [0.2, 0.25) is 10.0 Å². The quantitative estimate of drug-likeness (QED) is 0.936. The molecule has 0 spiro atoms. The van der Waals surface area contributed by atoms with Gasteiger partial charge in [-0.1, -0.05) is 6.92 Å². The van der Waals surface area contributed by atoms with E-state index in [1.807, 2.05) is 18.2 Å². The van der Waals surface area contributed by atoms with Gasteiger partial charge in [-0.2, -0.15) is 0 Å². The molecule has 0 aliphatic carbocycles. The second kappa shape index (κ2) is 4.89. The average molecular weight is 332 g/mol. The van der Waals surface area contributed by atoms with Crippen LogP contribution < -0.4 is 4.72 Å². The van der Waals surface area contributed by atoms with E-state index < -0.39 is 10.0 Å². The third kappa shape index (κ3) is 2.67. The summed E-state index contributed by atoms with van der Waals surface area (Å²) in [6, 6.07) is 3.49. The molecule has 2 rings (SSSR count). The molecule has 2 aromatic rings.